The van der Waals surface area contributed by atoms with Gasteiger partial charge in [-0.2, -0.15) is 0 Å². The number of likely N-dealkylation sites (N-methyl/N-ethyl adjacent to an activating group) is 1. The monoisotopic (exact) mass is 406 g/mol. The van der Waals surface area contributed by atoms with Gasteiger partial charge >= 0.3 is 0 Å². The number of amides is 1. The average molecular weight is 407 g/mol. The van der Waals surface area contributed by atoms with Gasteiger partial charge < -0.3 is 20.7 Å². The Labute approximate surface area is 178 Å². The second-order valence-electron chi connectivity index (χ2n) is 7.18. The van der Waals surface area contributed by atoms with Gasteiger partial charge in [0.25, 0.3) is 0 Å². The predicted octanol–water partition coefficient (Wildman–Crippen LogP) is 4.00. The summed E-state index contributed by atoms with van der Waals surface area (Å²) in [6.07, 6.45) is 0.936. The molecule has 0 fully saturated rings. The molecule has 0 unspecified atom stereocenters. The van der Waals surface area contributed by atoms with Gasteiger partial charge in [0.1, 0.15) is 17.3 Å². The predicted molar refractivity (Wildman–Crippen MR) is 122 cm³/mol. The van der Waals surface area contributed by atoms with E-state index >= 15 is 0 Å². The minimum atomic E-state index is 0.0304. The van der Waals surface area contributed by atoms with Crippen molar-refractivity contribution >= 4 is 22.6 Å². The Hall–Kier alpha value is -3.12. The molecule has 0 aliphatic heterocycles. The van der Waals surface area contributed by atoms with E-state index in [9.17, 15) is 4.79 Å². The minimum Gasteiger partial charge on any atom is -0.457 e. The van der Waals surface area contributed by atoms with Gasteiger partial charge in [0, 0.05) is 24.9 Å². The summed E-state index contributed by atoms with van der Waals surface area (Å²) in [5.41, 5.74) is 7.81. The molecule has 1 amide bonds. The number of para-hydroxylation sites is 1. The molecule has 3 aromatic rings. The highest BCUT2D eigenvalue weighted by molar-refractivity contribution is 5.83. The standard InChI is InChI=1S/C24H30N4O2/c1-3-28(4-2)15-14-26-23(29)13-10-18-16-19-17-21(11-12-22(19)27-24(18)25)30-20-8-6-5-7-9-20/h5-9,11-12,16-17H,3-4,10,13-15H2,1-2H3,(H2,25,27)(H,26,29). The lowest BCUT2D eigenvalue weighted by Crippen LogP contribution is -2.34. The molecular formula is C24H30N4O2. The van der Waals surface area contributed by atoms with Gasteiger partial charge in [-0.1, -0.05) is 32.0 Å². The summed E-state index contributed by atoms with van der Waals surface area (Å²) < 4.78 is 5.91. The number of carbonyl (C=O) groups excluding carboxylic acids is 1. The van der Waals surface area contributed by atoms with Crippen LogP contribution in [0.3, 0.4) is 0 Å². The molecule has 30 heavy (non-hydrogen) atoms. The number of nitrogens with one attached hydrogen (secondary N) is 1. The second kappa shape index (κ2) is 10.6. The number of ether oxygens (including phenoxy) is 1. The molecule has 1 heterocycles. The molecule has 0 bridgehead atoms. The molecule has 1 aromatic heterocycles. The van der Waals surface area contributed by atoms with Crippen LogP contribution in [-0.4, -0.2) is 42.0 Å². The summed E-state index contributed by atoms with van der Waals surface area (Å²) in [7, 11) is 0. The fraction of sp³-hybridized carbons (Fsp3) is 0.333. The van der Waals surface area contributed by atoms with E-state index in [1.807, 2.05) is 54.6 Å². The lowest BCUT2D eigenvalue weighted by Gasteiger charge is -2.18. The third kappa shape index (κ3) is 5.94. The van der Waals surface area contributed by atoms with Crippen molar-refractivity contribution < 1.29 is 9.53 Å². The number of benzene rings is 2. The van der Waals surface area contributed by atoms with E-state index in [4.69, 9.17) is 10.5 Å². The summed E-state index contributed by atoms with van der Waals surface area (Å²) >= 11 is 0. The van der Waals surface area contributed by atoms with Crippen molar-refractivity contribution in [1.82, 2.24) is 15.2 Å². The molecule has 0 aliphatic rings. The summed E-state index contributed by atoms with van der Waals surface area (Å²) in [6, 6.07) is 17.4. The molecule has 0 aliphatic carbocycles. The van der Waals surface area contributed by atoms with Crippen molar-refractivity contribution in [3.8, 4) is 11.5 Å². The SMILES string of the molecule is CCN(CC)CCNC(=O)CCc1cc2cc(Oc3ccccc3)ccc2nc1N. The Kier molecular flexibility index (Phi) is 7.63. The van der Waals surface area contributed by atoms with E-state index in [-0.39, 0.29) is 5.91 Å². The maximum Gasteiger partial charge on any atom is 0.220 e. The van der Waals surface area contributed by atoms with Crippen molar-refractivity contribution in [3.63, 3.8) is 0 Å². The van der Waals surface area contributed by atoms with Crippen molar-refractivity contribution in [3.05, 3.63) is 60.2 Å². The van der Waals surface area contributed by atoms with Crippen LogP contribution in [0.15, 0.2) is 54.6 Å². The highest BCUT2D eigenvalue weighted by Crippen LogP contribution is 2.27. The largest absolute Gasteiger partial charge is 0.457 e. The maximum absolute atomic E-state index is 12.2. The Morgan fingerprint density at radius 3 is 2.57 bits per heavy atom. The van der Waals surface area contributed by atoms with Crippen LogP contribution in [0.2, 0.25) is 0 Å². The number of carbonyl (C=O) groups is 1. The maximum atomic E-state index is 12.2. The third-order valence-corrected chi connectivity index (χ3v) is 5.14. The van der Waals surface area contributed by atoms with Crippen LogP contribution in [0.4, 0.5) is 5.82 Å². The average Bonchev–Trinajstić information content (AvgIpc) is 2.76. The minimum absolute atomic E-state index is 0.0304. The van der Waals surface area contributed by atoms with Crippen molar-refractivity contribution in [2.75, 3.05) is 31.9 Å². The van der Waals surface area contributed by atoms with E-state index in [1.54, 1.807) is 0 Å². The van der Waals surface area contributed by atoms with Gasteiger partial charge in [0.05, 0.1) is 5.52 Å². The first-order valence-corrected chi connectivity index (χ1v) is 10.5. The van der Waals surface area contributed by atoms with E-state index < -0.39 is 0 Å². The van der Waals surface area contributed by atoms with Crippen LogP contribution in [0.25, 0.3) is 10.9 Å². The van der Waals surface area contributed by atoms with Gasteiger partial charge in [-0.05, 0) is 61.5 Å². The van der Waals surface area contributed by atoms with Crippen LogP contribution in [0.1, 0.15) is 25.8 Å². The van der Waals surface area contributed by atoms with Crippen LogP contribution in [0, 0.1) is 0 Å². The fourth-order valence-electron chi connectivity index (χ4n) is 3.33. The van der Waals surface area contributed by atoms with Gasteiger partial charge in [-0.15, -0.1) is 0 Å². The molecule has 0 saturated heterocycles. The molecule has 158 valence electrons. The van der Waals surface area contributed by atoms with E-state index in [0.717, 1.165) is 47.6 Å². The Balaban J connectivity index is 1.62. The summed E-state index contributed by atoms with van der Waals surface area (Å²) in [5.74, 6) is 2.01. The number of hydrogen-bond acceptors (Lipinski definition) is 5. The van der Waals surface area contributed by atoms with Crippen LogP contribution < -0.4 is 15.8 Å². The zero-order valence-electron chi connectivity index (χ0n) is 17.7. The lowest BCUT2D eigenvalue weighted by atomic mass is 10.1. The molecule has 0 spiro atoms. The molecule has 3 rings (SSSR count). The lowest BCUT2D eigenvalue weighted by molar-refractivity contribution is -0.121. The molecule has 0 atom stereocenters. The number of anilines is 1. The van der Waals surface area contributed by atoms with E-state index in [1.165, 1.54) is 0 Å². The molecule has 2 aromatic carbocycles. The smallest absolute Gasteiger partial charge is 0.220 e. The summed E-state index contributed by atoms with van der Waals surface area (Å²) in [6.45, 7) is 7.74. The first-order chi connectivity index (χ1) is 14.6. The number of aromatic nitrogens is 1. The van der Waals surface area contributed by atoms with Crippen molar-refractivity contribution in [1.29, 1.82) is 0 Å². The van der Waals surface area contributed by atoms with Gasteiger partial charge in [-0.3, -0.25) is 4.79 Å². The van der Waals surface area contributed by atoms with Crippen molar-refractivity contribution in [2.24, 2.45) is 0 Å². The zero-order chi connectivity index (χ0) is 21.3. The number of nitrogen functional groups attached to an aromatic ring is 1. The summed E-state index contributed by atoms with van der Waals surface area (Å²) in [5, 5.41) is 3.92. The third-order valence-electron chi connectivity index (χ3n) is 5.14. The van der Waals surface area contributed by atoms with Gasteiger partial charge in [0.15, 0.2) is 0 Å². The normalized spacial score (nSPS) is 11.0. The van der Waals surface area contributed by atoms with Crippen LogP contribution >= 0.6 is 0 Å². The van der Waals surface area contributed by atoms with Crippen LogP contribution in [0.5, 0.6) is 11.5 Å². The molecule has 6 heteroatoms. The van der Waals surface area contributed by atoms with Gasteiger partial charge in [0.2, 0.25) is 5.91 Å². The number of pyridine rings is 1. The number of hydrogen-bond donors (Lipinski definition) is 2. The Bertz CT molecular complexity index is 972. The number of nitrogens with zero attached hydrogens (tertiary/aromatic N) is 2. The van der Waals surface area contributed by atoms with Crippen molar-refractivity contribution in [2.45, 2.75) is 26.7 Å². The second-order valence-corrected chi connectivity index (χ2v) is 7.18. The molecule has 6 nitrogen and oxygen atoms in total. The quantitative estimate of drug-likeness (QED) is 0.532. The number of nitrogens with two attached hydrogens (primary N) is 1. The highest BCUT2D eigenvalue weighted by Gasteiger charge is 2.09. The first-order valence-electron chi connectivity index (χ1n) is 10.5. The highest BCUT2D eigenvalue weighted by atomic mass is 16.5. The zero-order valence-corrected chi connectivity index (χ0v) is 17.7. The van der Waals surface area contributed by atoms with Gasteiger partial charge in [-0.25, -0.2) is 4.98 Å². The summed E-state index contributed by atoms with van der Waals surface area (Å²) in [4.78, 5) is 19.0. The number of rotatable bonds is 10. The van der Waals surface area contributed by atoms with E-state index in [0.29, 0.717) is 25.2 Å². The first kappa shape index (κ1) is 21.6. The molecule has 0 saturated carbocycles. The Morgan fingerprint density at radius 2 is 1.83 bits per heavy atom. The fourth-order valence-corrected chi connectivity index (χ4v) is 3.33. The molecule has 3 N–H and O–H groups in total. The molecular weight excluding hydrogens is 376 g/mol. The number of aryl methyl sites for hydroxylation is 1. The van der Waals surface area contributed by atoms with E-state index in [2.05, 4.69) is 29.0 Å². The van der Waals surface area contributed by atoms with Crippen LogP contribution in [-0.2, 0) is 11.2 Å². The Morgan fingerprint density at radius 1 is 1.07 bits per heavy atom. The topological polar surface area (TPSA) is 80.5 Å². The molecule has 0 radical (unpaired) electrons. The number of fused-ring (bicyclic) bond motifs is 1.